The largest absolute Gasteiger partial charge is 0.310 e. The molecule has 0 aromatic heterocycles. The van der Waals surface area contributed by atoms with E-state index in [2.05, 4.69) is 60.8 Å². The van der Waals surface area contributed by atoms with Crippen LogP contribution in [0.15, 0.2) is 48.0 Å². The van der Waals surface area contributed by atoms with Gasteiger partial charge in [0.1, 0.15) is 0 Å². The van der Waals surface area contributed by atoms with Crippen LogP contribution in [0.3, 0.4) is 0 Å². The van der Waals surface area contributed by atoms with Crippen molar-refractivity contribution in [1.82, 2.24) is 5.32 Å². The Hall–Kier alpha value is -1.60. The minimum atomic E-state index is 0.784. The summed E-state index contributed by atoms with van der Waals surface area (Å²) in [5, 5.41) is 6.23. The summed E-state index contributed by atoms with van der Waals surface area (Å²) < 4.78 is 0. The first-order chi connectivity index (χ1) is 9.35. The summed E-state index contributed by atoms with van der Waals surface area (Å²) in [7, 11) is 0. The molecule has 0 amide bonds. The molecule has 1 aliphatic carbocycles. The van der Waals surface area contributed by atoms with E-state index in [0.717, 1.165) is 19.0 Å². The fraction of sp³-hybridized carbons (Fsp3) is 0.333. The summed E-state index contributed by atoms with van der Waals surface area (Å²) in [5.74, 6) is 0. The Morgan fingerprint density at radius 1 is 1.16 bits per heavy atom. The quantitative estimate of drug-likeness (QED) is 0.831. The molecule has 1 nitrogen and oxygen atoms in total. The second kappa shape index (κ2) is 5.58. The third-order valence-electron chi connectivity index (χ3n) is 3.79. The van der Waals surface area contributed by atoms with E-state index < -0.39 is 0 Å². The topological polar surface area (TPSA) is 12.0 Å². The van der Waals surface area contributed by atoms with Gasteiger partial charge >= 0.3 is 0 Å². The molecule has 0 unspecified atom stereocenters. The molecule has 0 radical (unpaired) electrons. The lowest BCUT2D eigenvalue weighted by atomic mass is 10.0. The second-order valence-electron chi connectivity index (χ2n) is 5.42. The van der Waals surface area contributed by atoms with E-state index in [1.807, 2.05) is 0 Å². The molecule has 1 fully saturated rings. The predicted molar refractivity (Wildman–Crippen MR) is 83.2 cm³/mol. The van der Waals surface area contributed by atoms with Crippen LogP contribution < -0.4 is 5.32 Å². The van der Waals surface area contributed by atoms with Gasteiger partial charge in [0.2, 0.25) is 0 Å². The van der Waals surface area contributed by atoms with E-state index in [0.29, 0.717) is 0 Å². The molecule has 0 bridgehead atoms. The van der Waals surface area contributed by atoms with Gasteiger partial charge < -0.3 is 5.32 Å². The Balaban J connectivity index is 1.80. The van der Waals surface area contributed by atoms with Gasteiger partial charge in [-0.25, -0.2) is 0 Å². The third kappa shape index (κ3) is 3.24. The summed E-state index contributed by atoms with van der Waals surface area (Å²) in [4.78, 5) is 0. The highest BCUT2D eigenvalue weighted by Crippen LogP contribution is 2.21. The molecule has 0 heterocycles. The fourth-order valence-electron chi connectivity index (χ4n) is 2.37. The van der Waals surface area contributed by atoms with E-state index in [1.54, 1.807) is 0 Å². The van der Waals surface area contributed by atoms with Crippen LogP contribution in [0.25, 0.3) is 16.8 Å². The molecule has 1 aliphatic rings. The molecular weight excluding hydrogens is 230 g/mol. The number of rotatable bonds is 5. The molecular formula is C18H21N. The highest BCUT2D eigenvalue weighted by Gasteiger charge is 2.19. The number of nitrogens with one attached hydrogen (secondary N) is 1. The molecule has 0 aliphatic heterocycles. The van der Waals surface area contributed by atoms with Crippen LogP contribution in [-0.4, -0.2) is 12.6 Å². The first-order valence-corrected chi connectivity index (χ1v) is 7.27. The molecule has 2 aromatic carbocycles. The number of hydrogen-bond acceptors (Lipinski definition) is 1. The average molecular weight is 251 g/mol. The maximum absolute atomic E-state index is 3.60. The Labute approximate surface area is 115 Å². The minimum Gasteiger partial charge on any atom is -0.310 e. The first-order valence-electron chi connectivity index (χ1n) is 7.27. The molecule has 0 saturated heterocycles. The maximum Gasteiger partial charge on any atom is 0.0170 e. The van der Waals surface area contributed by atoms with Gasteiger partial charge in [-0.3, -0.25) is 0 Å². The fourth-order valence-corrected chi connectivity index (χ4v) is 2.37. The van der Waals surface area contributed by atoms with Crippen LogP contribution in [0.5, 0.6) is 0 Å². The third-order valence-corrected chi connectivity index (χ3v) is 3.79. The second-order valence-corrected chi connectivity index (χ2v) is 5.42. The van der Waals surface area contributed by atoms with E-state index in [4.69, 9.17) is 0 Å². The lowest BCUT2D eigenvalue weighted by Gasteiger charge is -2.07. The molecule has 2 aromatic rings. The van der Waals surface area contributed by atoms with Gasteiger partial charge in [0.05, 0.1) is 0 Å². The number of benzene rings is 2. The molecule has 1 saturated carbocycles. The number of fused-ring (bicyclic) bond motifs is 1. The maximum atomic E-state index is 3.60. The minimum absolute atomic E-state index is 0.784. The zero-order chi connectivity index (χ0) is 13.1. The van der Waals surface area contributed by atoms with Crippen molar-refractivity contribution in [3.63, 3.8) is 0 Å². The standard InChI is InChI=1S/C18H21N/c1-2-14(13-19-18-9-10-18)11-15-7-8-16-5-3-4-6-17(16)12-15/h3-8,11-12,18-19H,2,9-10,13H2,1H3. The van der Waals surface area contributed by atoms with Crippen molar-refractivity contribution in [3.8, 4) is 0 Å². The summed E-state index contributed by atoms with van der Waals surface area (Å²) >= 11 is 0. The Morgan fingerprint density at radius 2 is 1.95 bits per heavy atom. The summed E-state index contributed by atoms with van der Waals surface area (Å²) in [6, 6.07) is 16.0. The highest BCUT2D eigenvalue weighted by atomic mass is 14.9. The van der Waals surface area contributed by atoms with Crippen LogP contribution in [0.1, 0.15) is 31.7 Å². The van der Waals surface area contributed by atoms with Crippen molar-refractivity contribution >= 4 is 16.8 Å². The Bertz CT molecular complexity index is 593. The van der Waals surface area contributed by atoms with Crippen molar-refractivity contribution in [2.24, 2.45) is 0 Å². The molecule has 0 spiro atoms. The molecule has 1 N–H and O–H groups in total. The van der Waals surface area contributed by atoms with Crippen molar-refractivity contribution < 1.29 is 0 Å². The summed E-state index contributed by atoms with van der Waals surface area (Å²) in [6.07, 6.45) is 6.16. The van der Waals surface area contributed by atoms with E-state index in [9.17, 15) is 0 Å². The number of hydrogen-bond donors (Lipinski definition) is 1. The van der Waals surface area contributed by atoms with Crippen LogP contribution in [0.4, 0.5) is 0 Å². The van der Waals surface area contributed by atoms with Gasteiger partial charge in [0.15, 0.2) is 0 Å². The van der Waals surface area contributed by atoms with Crippen LogP contribution in [0, 0.1) is 0 Å². The monoisotopic (exact) mass is 251 g/mol. The van der Waals surface area contributed by atoms with Gasteiger partial charge in [-0.05, 0) is 41.7 Å². The molecule has 98 valence electrons. The lowest BCUT2D eigenvalue weighted by Crippen LogP contribution is -2.18. The van der Waals surface area contributed by atoms with Gasteiger partial charge in [-0.1, -0.05) is 55.0 Å². The van der Waals surface area contributed by atoms with Crippen LogP contribution in [-0.2, 0) is 0 Å². The van der Waals surface area contributed by atoms with E-state index >= 15 is 0 Å². The van der Waals surface area contributed by atoms with E-state index in [1.165, 1.54) is 34.8 Å². The lowest BCUT2D eigenvalue weighted by molar-refractivity contribution is 0.723. The van der Waals surface area contributed by atoms with Crippen molar-refractivity contribution in [2.45, 2.75) is 32.2 Å². The Morgan fingerprint density at radius 3 is 2.68 bits per heavy atom. The van der Waals surface area contributed by atoms with Crippen molar-refractivity contribution in [2.75, 3.05) is 6.54 Å². The SMILES string of the molecule is CCC(=Cc1ccc2ccccc2c1)CNC1CC1. The van der Waals surface area contributed by atoms with Crippen LogP contribution >= 0.6 is 0 Å². The van der Waals surface area contributed by atoms with Crippen molar-refractivity contribution in [3.05, 3.63) is 53.6 Å². The molecule has 19 heavy (non-hydrogen) atoms. The van der Waals surface area contributed by atoms with Gasteiger partial charge in [0.25, 0.3) is 0 Å². The molecule has 3 rings (SSSR count). The van der Waals surface area contributed by atoms with E-state index in [-0.39, 0.29) is 0 Å². The zero-order valence-corrected chi connectivity index (χ0v) is 11.5. The van der Waals surface area contributed by atoms with Crippen molar-refractivity contribution in [1.29, 1.82) is 0 Å². The summed E-state index contributed by atoms with van der Waals surface area (Å²) in [6.45, 7) is 3.27. The van der Waals surface area contributed by atoms with Gasteiger partial charge in [-0.2, -0.15) is 0 Å². The molecule has 0 atom stereocenters. The predicted octanol–water partition coefficient (Wildman–Crippen LogP) is 4.39. The zero-order valence-electron chi connectivity index (χ0n) is 11.5. The van der Waals surface area contributed by atoms with Gasteiger partial charge in [-0.15, -0.1) is 0 Å². The smallest absolute Gasteiger partial charge is 0.0170 e. The Kier molecular flexibility index (Phi) is 3.65. The highest BCUT2D eigenvalue weighted by molar-refractivity contribution is 5.84. The average Bonchev–Trinajstić information content (AvgIpc) is 3.27. The first kappa shape index (κ1) is 12.4. The van der Waals surface area contributed by atoms with Crippen LogP contribution in [0.2, 0.25) is 0 Å². The summed E-state index contributed by atoms with van der Waals surface area (Å²) in [5.41, 5.74) is 2.80. The van der Waals surface area contributed by atoms with Gasteiger partial charge in [0, 0.05) is 12.6 Å². The molecule has 1 heteroatoms. The normalized spacial score (nSPS) is 15.9.